The molecule has 0 aromatic carbocycles. The van der Waals surface area contributed by atoms with Crippen molar-refractivity contribution >= 4 is 5.97 Å². The third-order valence-electron chi connectivity index (χ3n) is 0.432. The molecule has 0 heterocycles. The molecule has 3 nitrogen and oxygen atoms in total. The standard InChI is InChI=1S/C5H8O3/c6-4-2-1-3-5(7)8/h1,3,6H,2,4H2,(H,7,8)/i1D,2+1,3D. The first-order valence-electron chi connectivity index (χ1n) is 3.10. The van der Waals surface area contributed by atoms with Crippen LogP contribution in [0.3, 0.4) is 0 Å². The van der Waals surface area contributed by atoms with Gasteiger partial charge in [0, 0.05) is 12.7 Å². The van der Waals surface area contributed by atoms with Crippen molar-refractivity contribution in [1.82, 2.24) is 0 Å². The highest BCUT2D eigenvalue weighted by Crippen LogP contribution is 1.78. The summed E-state index contributed by atoms with van der Waals surface area (Å²) in [6.07, 6.45) is -0.0782. The summed E-state index contributed by atoms with van der Waals surface area (Å²) in [5.74, 6) is -1.43. The van der Waals surface area contributed by atoms with Crippen LogP contribution in [-0.2, 0) is 4.79 Å². The molecule has 0 aromatic rings. The van der Waals surface area contributed by atoms with E-state index in [1.807, 2.05) is 0 Å². The molecule has 0 aromatic heterocycles. The lowest BCUT2D eigenvalue weighted by Crippen LogP contribution is -1.86. The molecule has 0 unspecified atom stereocenters. The van der Waals surface area contributed by atoms with Gasteiger partial charge in [0.05, 0.1) is 2.74 Å². The molecule has 0 spiro atoms. The summed E-state index contributed by atoms with van der Waals surface area (Å²) >= 11 is 0. The van der Waals surface area contributed by atoms with E-state index in [1.54, 1.807) is 0 Å². The number of rotatable bonds is 3. The zero-order valence-electron chi connectivity index (χ0n) is 6.22. The van der Waals surface area contributed by atoms with Crippen molar-refractivity contribution < 1.29 is 17.7 Å². The maximum Gasteiger partial charge on any atom is 0.327 e. The van der Waals surface area contributed by atoms with E-state index < -0.39 is 12.0 Å². The Hall–Kier alpha value is -0.830. The highest BCUT2D eigenvalue weighted by molar-refractivity contribution is 5.79. The van der Waals surface area contributed by atoms with Gasteiger partial charge in [0.15, 0.2) is 0 Å². The van der Waals surface area contributed by atoms with Gasteiger partial charge in [-0.2, -0.15) is 0 Å². The van der Waals surface area contributed by atoms with Gasteiger partial charge >= 0.3 is 5.97 Å². The first kappa shape index (κ1) is 4.09. The third kappa shape index (κ3) is 5.17. The lowest BCUT2D eigenvalue weighted by atomic mass is 10.6. The average molecular weight is 119 g/mol. The number of aliphatic hydroxyl groups excluding tert-OH is 1. The van der Waals surface area contributed by atoms with Crippen molar-refractivity contribution in [2.45, 2.75) is 6.42 Å². The Labute approximate surface area is 50.1 Å². The molecule has 3 heteroatoms. The van der Waals surface area contributed by atoms with Gasteiger partial charge < -0.3 is 10.2 Å². The maximum absolute atomic E-state index is 9.97. The van der Waals surface area contributed by atoms with Crippen LogP contribution < -0.4 is 0 Å². The van der Waals surface area contributed by atoms with E-state index in [9.17, 15) is 4.79 Å². The van der Waals surface area contributed by atoms with Crippen molar-refractivity contribution in [3.63, 3.8) is 0 Å². The van der Waals surface area contributed by atoms with E-state index in [0.29, 0.717) is 0 Å². The predicted octanol–water partition coefficient (Wildman–Crippen LogP) is 0.00960. The Morgan fingerprint density at radius 2 is 2.50 bits per heavy atom. The summed E-state index contributed by atoms with van der Waals surface area (Å²) in [4.78, 5) is 9.97. The molecule has 46 valence electrons. The van der Waals surface area contributed by atoms with Crippen molar-refractivity contribution in [1.29, 1.82) is 0 Å². The molecular formula is C5H8O3. The van der Waals surface area contributed by atoms with Gasteiger partial charge in [-0.25, -0.2) is 4.79 Å². The fourth-order valence-electron chi connectivity index (χ4n) is 0.194. The van der Waals surface area contributed by atoms with Gasteiger partial charge in [0.1, 0.15) is 0 Å². The van der Waals surface area contributed by atoms with E-state index in [4.69, 9.17) is 13.0 Å². The number of carboxylic acids is 1. The first-order chi connectivity index (χ1) is 4.59. The molecule has 0 aliphatic carbocycles. The summed E-state index contributed by atoms with van der Waals surface area (Å²) in [6.45, 7) is -0.297. The minimum Gasteiger partial charge on any atom is -0.478 e. The quantitative estimate of drug-likeness (QED) is 0.406. The second-order valence-electron chi connectivity index (χ2n) is 1.08. The molecule has 0 fully saturated rings. The molecule has 0 radical (unpaired) electrons. The van der Waals surface area contributed by atoms with E-state index in [-0.39, 0.29) is 19.1 Å². The van der Waals surface area contributed by atoms with Gasteiger partial charge in [0.25, 0.3) is 0 Å². The molecule has 0 aliphatic heterocycles. The van der Waals surface area contributed by atoms with Crippen molar-refractivity contribution in [3.05, 3.63) is 12.1 Å². The molecule has 0 saturated heterocycles. The van der Waals surface area contributed by atoms with Crippen molar-refractivity contribution in [3.8, 4) is 0 Å². The lowest BCUT2D eigenvalue weighted by molar-refractivity contribution is -0.131. The van der Waals surface area contributed by atoms with E-state index in [1.165, 1.54) is 0 Å². The smallest absolute Gasteiger partial charge is 0.327 e. The van der Waals surface area contributed by atoms with Crippen LogP contribution in [0.2, 0.25) is 0 Å². The van der Waals surface area contributed by atoms with Gasteiger partial charge in [0.2, 0.25) is 0 Å². The van der Waals surface area contributed by atoms with Gasteiger partial charge in [-0.3, -0.25) is 0 Å². The van der Waals surface area contributed by atoms with Crippen LogP contribution in [0.1, 0.15) is 9.16 Å². The topological polar surface area (TPSA) is 57.5 Å². The molecule has 0 aliphatic rings. The summed E-state index contributed by atoms with van der Waals surface area (Å²) in [5, 5.41) is 16.4. The van der Waals surface area contributed by atoms with E-state index in [0.717, 1.165) is 0 Å². The lowest BCUT2D eigenvalue weighted by Gasteiger charge is -1.79. The average Bonchev–Trinajstić information content (AvgIpc) is 1.87. The molecule has 0 saturated carbocycles. The Morgan fingerprint density at radius 1 is 1.88 bits per heavy atom. The highest BCUT2D eigenvalue weighted by atomic mass is 16.4. The Bertz CT molecular complexity index is 164. The third-order valence-corrected chi connectivity index (χ3v) is 0.432. The minimum absolute atomic E-state index is 0.0782. The number of hydrogen-bond donors (Lipinski definition) is 2. The monoisotopic (exact) mass is 119 g/mol. The number of carbonyl (C=O) groups is 1. The van der Waals surface area contributed by atoms with Crippen LogP contribution in [0.25, 0.3) is 0 Å². The van der Waals surface area contributed by atoms with Gasteiger partial charge in [-0.1, -0.05) is 6.05 Å². The number of carboxylic acid groups (broad SMARTS) is 1. The van der Waals surface area contributed by atoms with Crippen molar-refractivity contribution in [2.24, 2.45) is 0 Å². The zero-order valence-corrected chi connectivity index (χ0v) is 4.22. The molecule has 2 N–H and O–H groups in total. The highest BCUT2D eigenvalue weighted by Gasteiger charge is 1.81. The van der Waals surface area contributed by atoms with Crippen LogP contribution in [0.5, 0.6) is 0 Å². The Kier molecular flexibility index (Phi) is 2.21. The molecule has 0 atom stereocenters. The molecule has 0 amide bonds. The zero-order chi connectivity index (χ0) is 8.15. The van der Waals surface area contributed by atoms with Crippen molar-refractivity contribution in [2.75, 3.05) is 6.61 Å². The minimum atomic E-state index is -1.43. The largest absolute Gasteiger partial charge is 0.478 e. The second-order valence-corrected chi connectivity index (χ2v) is 1.08. The van der Waals surface area contributed by atoms with E-state index in [2.05, 4.69) is 0 Å². The molecule has 8 heavy (non-hydrogen) atoms. The number of aliphatic carboxylic acids is 1. The van der Waals surface area contributed by atoms with Crippen LogP contribution in [0.4, 0.5) is 0 Å². The molecule has 0 rings (SSSR count). The van der Waals surface area contributed by atoms with Crippen LogP contribution in [0.15, 0.2) is 12.1 Å². The van der Waals surface area contributed by atoms with Crippen LogP contribution in [-0.4, -0.2) is 22.8 Å². The van der Waals surface area contributed by atoms with Gasteiger partial charge in [-0.15, -0.1) is 0 Å². The summed E-state index contributed by atoms with van der Waals surface area (Å²) in [7, 11) is 0. The Balaban J connectivity index is 4.19. The summed E-state index contributed by atoms with van der Waals surface area (Å²) in [5.41, 5.74) is 0. The SMILES string of the molecule is [2H]C([13CH2]CO)=C([2H])C(=O)O. The summed E-state index contributed by atoms with van der Waals surface area (Å²) < 4.78 is 13.6. The Morgan fingerprint density at radius 3 is 2.88 bits per heavy atom. The fourth-order valence-corrected chi connectivity index (χ4v) is 0.194. The van der Waals surface area contributed by atoms with E-state index >= 15 is 0 Å². The first-order valence-corrected chi connectivity index (χ1v) is 2.10. The predicted molar refractivity (Wildman–Crippen MR) is 28.5 cm³/mol. The van der Waals surface area contributed by atoms with Crippen LogP contribution >= 0.6 is 0 Å². The van der Waals surface area contributed by atoms with Crippen LogP contribution in [0, 0.1) is 0 Å². The maximum atomic E-state index is 9.97. The number of hydrogen-bond acceptors (Lipinski definition) is 2. The van der Waals surface area contributed by atoms with Gasteiger partial charge in [-0.05, 0) is 6.42 Å². The normalized spacial score (nSPS) is 16.1. The fraction of sp³-hybridized carbons (Fsp3) is 0.400. The molecular weight excluding hydrogens is 109 g/mol. The number of aliphatic hydroxyl groups is 1. The second kappa shape index (κ2) is 4.33. The summed E-state index contributed by atoms with van der Waals surface area (Å²) in [6, 6.07) is -1.11. The molecule has 0 bridgehead atoms.